The second kappa shape index (κ2) is 7.52. The van der Waals surface area contributed by atoms with Gasteiger partial charge in [0.1, 0.15) is 0 Å². The number of ether oxygens (including phenoxy) is 1. The summed E-state index contributed by atoms with van der Waals surface area (Å²) in [5, 5.41) is 0. The zero-order valence-electron chi connectivity index (χ0n) is 4.82. The third-order valence-corrected chi connectivity index (χ3v) is 0.827. The summed E-state index contributed by atoms with van der Waals surface area (Å²) in [6.45, 7) is 2.00. The van der Waals surface area contributed by atoms with E-state index in [-0.39, 0.29) is 0 Å². The first-order valence-corrected chi connectivity index (χ1v) is 8.35. The Morgan fingerprint density at radius 3 is 1.44 bits per heavy atom. The molecule has 0 aromatic heterocycles. The summed E-state index contributed by atoms with van der Waals surface area (Å²) in [5.74, 6) is 0. The molecule has 0 N–H and O–H groups in total. The predicted molar refractivity (Wildman–Crippen MR) is 37.6 cm³/mol. The van der Waals surface area contributed by atoms with Gasteiger partial charge in [0.2, 0.25) is 0 Å². The van der Waals surface area contributed by atoms with Crippen LogP contribution in [0.5, 0.6) is 0 Å². The van der Waals surface area contributed by atoms with Crippen molar-refractivity contribution in [2.75, 3.05) is 13.2 Å². The Kier molecular flexibility index (Phi) is 8.70. The molecule has 0 atom stereocenters. The van der Waals surface area contributed by atoms with Crippen molar-refractivity contribution in [3.8, 4) is 0 Å². The fraction of sp³-hybridized carbons (Fsp3) is 1.00. The van der Waals surface area contributed by atoms with Crippen LogP contribution in [0.4, 0.5) is 0 Å². The van der Waals surface area contributed by atoms with Crippen LogP contribution in [0.15, 0.2) is 0 Å². The molecule has 1 aliphatic rings. The van der Waals surface area contributed by atoms with Crippen molar-refractivity contribution in [1.82, 2.24) is 0 Å². The molecule has 0 radical (unpaired) electrons. The molecule has 0 amide bonds. The van der Waals surface area contributed by atoms with Gasteiger partial charge in [-0.15, -0.1) is 0 Å². The summed E-state index contributed by atoms with van der Waals surface area (Å²) in [6.07, 6.45) is 2.56. The van der Waals surface area contributed by atoms with Crippen LogP contribution in [0, 0.1) is 0 Å². The molecule has 0 bridgehead atoms. The van der Waals surface area contributed by atoms with Gasteiger partial charge in [-0.3, -0.25) is 0 Å². The molecule has 0 aromatic rings. The van der Waals surface area contributed by atoms with E-state index in [2.05, 4.69) is 0 Å². The number of halogens is 3. The molecule has 1 heterocycles. The van der Waals surface area contributed by atoms with Crippen LogP contribution >= 0.6 is 29.5 Å². The monoisotopic (exact) mass is 228 g/mol. The Labute approximate surface area is 72.5 Å². The van der Waals surface area contributed by atoms with Crippen molar-refractivity contribution >= 4 is 29.5 Å². The van der Waals surface area contributed by atoms with Crippen molar-refractivity contribution in [1.29, 1.82) is 0 Å². The molecule has 9 heavy (non-hydrogen) atoms. The van der Waals surface area contributed by atoms with E-state index in [0.29, 0.717) is 0 Å². The first-order valence-electron chi connectivity index (χ1n) is 2.58. The minimum atomic E-state index is -1.77. The van der Waals surface area contributed by atoms with Gasteiger partial charge in [-0.05, 0) is 12.8 Å². The maximum atomic E-state index is 4.95. The number of hydrogen-bond acceptors (Lipinski definition) is 1. The van der Waals surface area contributed by atoms with Gasteiger partial charge in [-0.2, -0.15) is 0 Å². The first kappa shape index (κ1) is 10.4. The molecule has 0 saturated carbocycles. The SMILES string of the molecule is C1CCOC1.[Cl][V]([Cl])[Cl]. The van der Waals surface area contributed by atoms with Crippen molar-refractivity contribution < 1.29 is 17.0 Å². The van der Waals surface area contributed by atoms with E-state index in [0.717, 1.165) is 13.2 Å². The molecule has 0 aromatic carbocycles. The Balaban J connectivity index is 0.000000148. The van der Waals surface area contributed by atoms with Crippen molar-refractivity contribution in [3.05, 3.63) is 0 Å². The van der Waals surface area contributed by atoms with Gasteiger partial charge in [0.05, 0.1) is 0 Å². The van der Waals surface area contributed by atoms with E-state index in [9.17, 15) is 0 Å². The average molecular weight is 229 g/mol. The van der Waals surface area contributed by atoms with Gasteiger partial charge >= 0.3 is 41.8 Å². The van der Waals surface area contributed by atoms with Crippen molar-refractivity contribution in [3.63, 3.8) is 0 Å². The van der Waals surface area contributed by atoms with Crippen LogP contribution in [0.1, 0.15) is 12.8 Å². The zero-order valence-corrected chi connectivity index (χ0v) is 8.48. The molecule has 0 aliphatic carbocycles. The summed E-state index contributed by atoms with van der Waals surface area (Å²) in [4.78, 5) is 0. The quantitative estimate of drug-likeness (QED) is 0.620. The molecule has 1 fully saturated rings. The van der Waals surface area contributed by atoms with Crippen LogP contribution in [0.25, 0.3) is 0 Å². The topological polar surface area (TPSA) is 9.23 Å². The average Bonchev–Trinajstić information content (AvgIpc) is 2.11. The number of hydrogen-bond donors (Lipinski definition) is 0. The van der Waals surface area contributed by atoms with E-state index in [1.165, 1.54) is 12.8 Å². The Bertz CT molecular complexity index is 47.4. The van der Waals surface area contributed by atoms with Gasteiger partial charge in [0, 0.05) is 13.2 Å². The van der Waals surface area contributed by atoms with Crippen LogP contribution in [-0.2, 0) is 17.0 Å². The van der Waals surface area contributed by atoms with E-state index in [1.807, 2.05) is 0 Å². The van der Waals surface area contributed by atoms with Crippen molar-refractivity contribution in [2.45, 2.75) is 12.8 Å². The van der Waals surface area contributed by atoms with Crippen LogP contribution in [-0.4, -0.2) is 13.2 Å². The first-order chi connectivity index (χ1) is 4.23. The van der Waals surface area contributed by atoms with Crippen molar-refractivity contribution in [2.24, 2.45) is 0 Å². The molecule has 56 valence electrons. The molecule has 0 spiro atoms. The Morgan fingerprint density at radius 2 is 1.33 bits per heavy atom. The predicted octanol–water partition coefficient (Wildman–Crippen LogP) is 2.86. The molecule has 1 saturated heterocycles. The molecule has 1 nitrogen and oxygen atoms in total. The molecular weight excluding hydrogens is 221 g/mol. The Morgan fingerprint density at radius 1 is 1.00 bits per heavy atom. The van der Waals surface area contributed by atoms with Crippen LogP contribution in [0.3, 0.4) is 0 Å². The second-order valence-corrected chi connectivity index (χ2v) is 8.43. The number of rotatable bonds is 0. The van der Waals surface area contributed by atoms with Gasteiger partial charge in [0.25, 0.3) is 0 Å². The summed E-state index contributed by atoms with van der Waals surface area (Å²) in [7, 11) is 14.9. The van der Waals surface area contributed by atoms with Crippen LogP contribution < -0.4 is 0 Å². The molecule has 0 unspecified atom stereocenters. The van der Waals surface area contributed by atoms with Gasteiger partial charge in [-0.1, -0.05) is 0 Å². The van der Waals surface area contributed by atoms with Gasteiger partial charge < -0.3 is 4.74 Å². The molecular formula is C4H8Cl3OV. The standard InChI is InChI=1S/C4H8O.3ClH.V/c1-2-4-5-3-1;;;;/h1-4H2;3*1H;/q;;;;+3/p-3. The summed E-state index contributed by atoms with van der Waals surface area (Å²) >= 11 is -1.77. The van der Waals surface area contributed by atoms with E-state index in [4.69, 9.17) is 34.3 Å². The summed E-state index contributed by atoms with van der Waals surface area (Å²) in [6, 6.07) is 0. The third-order valence-electron chi connectivity index (χ3n) is 0.827. The molecule has 1 rings (SSSR count). The molecule has 5 heteroatoms. The normalized spacial score (nSPS) is 17.3. The summed E-state index contributed by atoms with van der Waals surface area (Å²) in [5.41, 5.74) is 0. The molecule has 1 aliphatic heterocycles. The fourth-order valence-corrected chi connectivity index (χ4v) is 0.510. The van der Waals surface area contributed by atoms with E-state index in [1.54, 1.807) is 0 Å². The third kappa shape index (κ3) is 12.6. The zero-order chi connectivity index (χ0) is 7.11. The Hall–Kier alpha value is 1.41. The van der Waals surface area contributed by atoms with E-state index >= 15 is 0 Å². The van der Waals surface area contributed by atoms with Gasteiger partial charge in [0.15, 0.2) is 0 Å². The minimum absolute atomic E-state index is 1.00. The van der Waals surface area contributed by atoms with E-state index < -0.39 is 12.3 Å². The summed E-state index contributed by atoms with van der Waals surface area (Å²) < 4.78 is 4.94. The fourth-order valence-electron chi connectivity index (χ4n) is 0.510. The second-order valence-electron chi connectivity index (χ2n) is 1.51. The van der Waals surface area contributed by atoms with Gasteiger partial charge in [-0.25, -0.2) is 0 Å². The maximum absolute atomic E-state index is 4.95. The van der Waals surface area contributed by atoms with Crippen LogP contribution in [0.2, 0.25) is 0 Å².